The van der Waals surface area contributed by atoms with E-state index in [-0.39, 0.29) is 12.1 Å². The van der Waals surface area contributed by atoms with Crippen LogP contribution < -0.4 is 11.1 Å². The Kier molecular flexibility index (Phi) is 13.7. The Labute approximate surface area is 195 Å². The molecule has 0 spiro atoms. The highest BCUT2D eigenvalue weighted by Gasteiger charge is 2.45. The van der Waals surface area contributed by atoms with Crippen LogP contribution >= 0.6 is 0 Å². The van der Waals surface area contributed by atoms with Gasteiger partial charge in [0, 0.05) is 26.9 Å². The lowest BCUT2D eigenvalue weighted by atomic mass is 10.0. The lowest BCUT2D eigenvalue weighted by Gasteiger charge is -2.31. The number of rotatable bonds is 13. The van der Waals surface area contributed by atoms with Crippen molar-refractivity contribution in [3.05, 3.63) is 97.1 Å². The predicted octanol–water partition coefficient (Wildman–Crippen LogP) is 5.42. The molecule has 0 radical (unpaired) electrons. The molecule has 0 bridgehead atoms. The van der Waals surface area contributed by atoms with Gasteiger partial charge in [0.1, 0.15) is 0 Å². The maximum absolute atomic E-state index is 5.52. The summed E-state index contributed by atoms with van der Waals surface area (Å²) in [5.74, 6) is 0. The number of nitrogens with two attached hydrogens (primary N) is 1. The number of hydrogen-bond acceptors (Lipinski definition) is 5. The molecule has 2 aromatic rings. The van der Waals surface area contributed by atoms with Gasteiger partial charge in [0.05, 0.1) is 12.1 Å². The molecule has 0 heterocycles. The molecule has 2 rings (SSSR count). The predicted molar refractivity (Wildman–Crippen MR) is 136 cm³/mol. The normalized spacial score (nSPS) is 13.9. The van der Waals surface area contributed by atoms with Gasteiger partial charge in [0.2, 0.25) is 0 Å². The standard InChI is InChI=1S/C18H19N.C8H21NO3Si/c1-3-17(15-11-7-5-8-12-15)19-18(4-2)16-13-9-6-10-14-16;1-5-8(6-7-9)13(10-2,11-3)12-4/h3-14,17-19H,1-2H2;8H,5-7,9H2,1-4H3. The van der Waals surface area contributed by atoms with Gasteiger partial charge in [-0.3, -0.25) is 5.32 Å². The van der Waals surface area contributed by atoms with Gasteiger partial charge in [-0.2, -0.15) is 0 Å². The highest BCUT2D eigenvalue weighted by Crippen LogP contribution is 2.29. The van der Waals surface area contributed by atoms with Gasteiger partial charge in [-0.05, 0) is 30.5 Å². The van der Waals surface area contributed by atoms with Crippen LogP contribution in [-0.2, 0) is 13.3 Å². The van der Waals surface area contributed by atoms with Gasteiger partial charge >= 0.3 is 8.80 Å². The van der Waals surface area contributed by atoms with Crippen molar-refractivity contribution in [2.24, 2.45) is 5.73 Å². The molecule has 0 fully saturated rings. The van der Waals surface area contributed by atoms with E-state index < -0.39 is 8.80 Å². The van der Waals surface area contributed by atoms with Crippen molar-refractivity contribution < 1.29 is 13.3 Å². The molecule has 0 amide bonds. The third-order valence-electron chi connectivity index (χ3n) is 5.51. The van der Waals surface area contributed by atoms with Crippen LogP contribution in [0.4, 0.5) is 0 Å². The molecular formula is C26H40N2O3Si. The van der Waals surface area contributed by atoms with Gasteiger partial charge < -0.3 is 19.0 Å². The van der Waals surface area contributed by atoms with E-state index in [1.807, 2.05) is 48.6 Å². The lowest BCUT2D eigenvalue weighted by molar-refractivity contribution is 0.109. The Bertz CT molecular complexity index is 696. The molecule has 6 heteroatoms. The molecule has 3 N–H and O–H groups in total. The van der Waals surface area contributed by atoms with E-state index in [0.29, 0.717) is 12.1 Å². The smallest absolute Gasteiger partial charge is 0.377 e. The summed E-state index contributed by atoms with van der Waals surface area (Å²) in [6, 6.07) is 20.8. The minimum Gasteiger partial charge on any atom is -0.377 e. The molecule has 2 aromatic carbocycles. The first kappa shape index (κ1) is 28.0. The van der Waals surface area contributed by atoms with Gasteiger partial charge in [0.15, 0.2) is 0 Å². The van der Waals surface area contributed by atoms with E-state index in [0.717, 1.165) is 12.8 Å². The highest BCUT2D eigenvalue weighted by molar-refractivity contribution is 6.62. The monoisotopic (exact) mass is 456 g/mol. The van der Waals surface area contributed by atoms with Crippen molar-refractivity contribution in [2.45, 2.75) is 37.4 Å². The Morgan fingerprint density at radius 1 is 0.844 bits per heavy atom. The van der Waals surface area contributed by atoms with Crippen molar-refractivity contribution >= 4 is 8.80 Å². The molecule has 3 unspecified atom stereocenters. The largest absolute Gasteiger partial charge is 0.503 e. The van der Waals surface area contributed by atoms with Crippen LogP contribution in [0.15, 0.2) is 86.0 Å². The third-order valence-corrected chi connectivity index (χ3v) is 8.91. The summed E-state index contributed by atoms with van der Waals surface area (Å²) in [5.41, 5.74) is 8.24. The van der Waals surface area contributed by atoms with Gasteiger partial charge in [0.25, 0.3) is 0 Å². The zero-order chi connectivity index (χ0) is 23.8. The molecule has 5 nitrogen and oxygen atoms in total. The minimum absolute atomic E-state index is 0.115. The lowest BCUT2D eigenvalue weighted by Crippen LogP contribution is -2.48. The van der Waals surface area contributed by atoms with E-state index in [4.69, 9.17) is 19.0 Å². The van der Waals surface area contributed by atoms with Crippen molar-refractivity contribution in [3.8, 4) is 0 Å². The zero-order valence-corrected chi connectivity index (χ0v) is 21.0. The summed E-state index contributed by atoms with van der Waals surface area (Å²) in [6.07, 6.45) is 5.71. The fourth-order valence-corrected chi connectivity index (χ4v) is 6.22. The first-order valence-electron chi connectivity index (χ1n) is 11.0. The van der Waals surface area contributed by atoms with Crippen LogP contribution in [0.3, 0.4) is 0 Å². The average Bonchev–Trinajstić information content (AvgIpc) is 2.87. The molecule has 0 aliphatic rings. The van der Waals surface area contributed by atoms with Crippen molar-refractivity contribution in [1.29, 1.82) is 0 Å². The Morgan fingerprint density at radius 2 is 1.25 bits per heavy atom. The van der Waals surface area contributed by atoms with E-state index in [1.54, 1.807) is 21.3 Å². The molecule has 3 atom stereocenters. The molecule has 0 aliphatic carbocycles. The summed E-state index contributed by atoms with van der Waals surface area (Å²) in [7, 11) is 2.46. The van der Waals surface area contributed by atoms with Crippen LogP contribution in [0.1, 0.15) is 43.0 Å². The molecule has 176 valence electrons. The maximum atomic E-state index is 5.52. The maximum Gasteiger partial charge on any atom is 0.503 e. The quantitative estimate of drug-likeness (QED) is 0.311. The SMILES string of the molecule is C=CC(NC(C=C)c1ccccc1)c1ccccc1.CCC(CCN)[Si](OC)(OC)OC. The molecule has 0 aliphatic heterocycles. The van der Waals surface area contributed by atoms with Crippen molar-refractivity contribution in [1.82, 2.24) is 5.32 Å². The van der Waals surface area contributed by atoms with Gasteiger partial charge in [-0.25, -0.2) is 0 Å². The molecule has 0 saturated carbocycles. The van der Waals surface area contributed by atoms with E-state index in [9.17, 15) is 0 Å². The van der Waals surface area contributed by atoms with Crippen LogP contribution in [0, 0.1) is 0 Å². The Balaban J connectivity index is 0.000000347. The van der Waals surface area contributed by atoms with E-state index in [1.165, 1.54) is 11.1 Å². The fourth-order valence-electron chi connectivity index (χ4n) is 3.70. The van der Waals surface area contributed by atoms with Gasteiger partial charge in [-0.15, -0.1) is 13.2 Å². The van der Waals surface area contributed by atoms with Crippen LogP contribution in [0.25, 0.3) is 0 Å². The molecule has 0 saturated heterocycles. The van der Waals surface area contributed by atoms with Crippen LogP contribution in [0.2, 0.25) is 5.54 Å². The Hall–Kier alpha value is -2.06. The molecule has 0 aromatic heterocycles. The summed E-state index contributed by atoms with van der Waals surface area (Å²) in [4.78, 5) is 0. The molecular weight excluding hydrogens is 416 g/mol. The summed E-state index contributed by atoms with van der Waals surface area (Å²) >= 11 is 0. The number of hydrogen-bond donors (Lipinski definition) is 2. The average molecular weight is 457 g/mol. The molecule has 32 heavy (non-hydrogen) atoms. The second-order valence-electron chi connectivity index (χ2n) is 7.31. The summed E-state index contributed by atoms with van der Waals surface area (Å²) in [5, 5.41) is 3.55. The van der Waals surface area contributed by atoms with Crippen molar-refractivity contribution in [2.75, 3.05) is 27.9 Å². The van der Waals surface area contributed by atoms with E-state index >= 15 is 0 Å². The third kappa shape index (κ3) is 8.13. The summed E-state index contributed by atoms with van der Waals surface area (Å²) in [6.45, 7) is 10.6. The van der Waals surface area contributed by atoms with Crippen LogP contribution in [-0.4, -0.2) is 36.7 Å². The first-order valence-corrected chi connectivity index (χ1v) is 12.8. The first-order chi connectivity index (χ1) is 15.5. The Morgan fingerprint density at radius 3 is 1.53 bits per heavy atom. The number of nitrogens with one attached hydrogen (secondary N) is 1. The zero-order valence-electron chi connectivity index (χ0n) is 20.0. The van der Waals surface area contributed by atoms with Crippen molar-refractivity contribution in [3.63, 3.8) is 0 Å². The second kappa shape index (κ2) is 15.7. The highest BCUT2D eigenvalue weighted by atomic mass is 28.4. The van der Waals surface area contributed by atoms with Crippen LogP contribution in [0.5, 0.6) is 0 Å². The van der Waals surface area contributed by atoms with E-state index in [2.05, 4.69) is 49.7 Å². The summed E-state index contributed by atoms with van der Waals surface area (Å²) < 4.78 is 16.1. The number of benzene rings is 2. The topological polar surface area (TPSA) is 65.7 Å². The fraction of sp³-hybridized carbons (Fsp3) is 0.385. The second-order valence-corrected chi connectivity index (χ2v) is 10.6. The van der Waals surface area contributed by atoms with Gasteiger partial charge in [-0.1, -0.05) is 79.7 Å². The minimum atomic E-state index is -2.45.